The molecule has 0 spiro atoms. The standard InChI is InChI=1S/C26H52O3/c1-2-20-25(22-17-18-23-26(28)29)21-16-14-12-10-8-6-4-3-5-7-9-11-13-15-19-24-27/h25,27H,2-24H2,1H3,(H,28,29). The molecule has 0 aromatic rings. The summed E-state index contributed by atoms with van der Waals surface area (Å²) in [7, 11) is 0. The van der Waals surface area contributed by atoms with Crippen molar-refractivity contribution in [1.82, 2.24) is 0 Å². The van der Waals surface area contributed by atoms with Gasteiger partial charge in [-0.3, -0.25) is 4.79 Å². The quantitative estimate of drug-likeness (QED) is 0.157. The van der Waals surface area contributed by atoms with E-state index in [0.29, 0.717) is 13.0 Å². The molecule has 0 saturated heterocycles. The van der Waals surface area contributed by atoms with Gasteiger partial charge in [0.05, 0.1) is 0 Å². The van der Waals surface area contributed by atoms with Crippen molar-refractivity contribution in [2.45, 2.75) is 148 Å². The number of carbonyl (C=O) groups is 1. The molecule has 0 saturated carbocycles. The summed E-state index contributed by atoms with van der Waals surface area (Å²) < 4.78 is 0. The lowest BCUT2D eigenvalue weighted by molar-refractivity contribution is -0.137. The Kier molecular flexibility index (Phi) is 23.2. The van der Waals surface area contributed by atoms with E-state index in [1.54, 1.807) is 0 Å². The minimum absolute atomic E-state index is 0.338. The Balaban J connectivity index is 3.32. The van der Waals surface area contributed by atoms with Crippen LogP contribution in [-0.4, -0.2) is 22.8 Å². The zero-order chi connectivity index (χ0) is 21.4. The molecule has 0 aromatic heterocycles. The maximum Gasteiger partial charge on any atom is 0.303 e. The predicted molar refractivity (Wildman–Crippen MR) is 125 cm³/mol. The smallest absolute Gasteiger partial charge is 0.303 e. The Bertz CT molecular complexity index is 330. The summed E-state index contributed by atoms with van der Waals surface area (Å²) in [4.78, 5) is 10.6. The number of aliphatic hydroxyl groups is 1. The lowest BCUT2D eigenvalue weighted by Crippen LogP contribution is -2.02. The van der Waals surface area contributed by atoms with Crippen LogP contribution in [0.2, 0.25) is 0 Å². The van der Waals surface area contributed by atoms with Gasteiger partial charge in [-0.25, -0.2) is 0 Å². The van der Waals surface area contributed by atoms with Gasteiger partial charge in [-0.05, 0) is 18.8 Å². The molecule has 0 bridgehead atoms. The average Bonchev–Trinajstić information content (AvgIpc) is 2.70. The molecule has 0 amide bonds. The maximum atomic E-state index is 10.6. The second-order valence-electron chi connectivity index (χ2n) is 9.11. The summed E-state index contributed by atoms with van der Waals surface area (Å²) in [6, 6.07) is 0. The van der Waals surface area contributed by atoms with Gasteiger partial charge in [-0.1, -0.05) is 129 Å². The molecule has 2 N–H and O–H groups in total. The molecule has 1 unspecified atom stereocenters. The zero-order valence-corrected chi connectivity index (χ0v) is 19.6. The molecule has 3 nitrogen and oxygen atoms in total. The van der Waals surface area contributed by atoms with Gasteiger partial charge < -0.3 is 10.2 Å². The van der Waals surface area contributed by atoms with E-state index in [4.69, 9.17) is 10.2 Å². The predicted octanol–water partition coefficient (Wildman–Crippen LogP) is 8.28. The molecule has 0 aliphatic carbocycles. The van der Waals surface area contributed by atoms with E-state index in [-0.39, 0.29) is 0 Å². The Morgan fingerprint density at radius 2 is 0.966 bits per heavy atom. The minimum atomic E-state index is -0.651. The molecular weight excluding hydrogens is 360 g/mol. The van der Waals surface area contributed by atoms with Gasteiger partial charge in [0.1, 0.15) is 0 Å². The summed E-state index contributed by atoms with van der Waals surface area (Å²) in [6.45, 7) is 2.62. The summed E-state index contributed by atoms with van der Waals surface area (Å²) in [5.41, 5.74) is 0. The number of aliphatic hydroxyl groups excluding tert-OH is 1. The zero-order valence-electron chi connectivity index (χ0n) is 19.6. The van der Waals surface area contributed by atoms with Crippen LogP contribution >= 0.6 is 0 Å². The molecule has 0 aliphatic rings. The average molecular weight is 413 g/mol. The number of hydrogen-bond donors (Lipinski definition) is 2. The Morgan fingerprint density at radius 1 is 0.586 bits per heavy atom. The lowest BCUT2D eigenvalue weighted by atomic mass is 9.91. The van der Waals surface area contributed by atoms with Crippen LogP contribution in [0.25, 0.3) is 0 Å². The van der Waals surface area contributed by atoms with Crippen molar-refractivity contribution < 1.29 is 15.0 Å². The van der Waals surface area contributed by atoms with Crippen LogP contribution in [0.4, 0.5) is 0 Å². The van der Waals surface area contributed by atoms with Crippen molar-refractivity contribution in [3.05, 3.63) is 0 Å². The van der Waals surface area contributed by atoms with Gasteiger partial charge >= 0.3 is 5.97 Å². The fourth-order valence-electron chi connectivity index (χ4n) is 4.39. The van der Waals surface area contributed by atoms with Crippen LogP contribution in [0.5, 0.6) is 0 Å². The number of aliphatic carboxylic acids is 1. The fraction of sp³-hybridized carbons (Fsp3) is 0.962. The fourth-order valence-corrected chi connectivity index (χ4v) is 4.39. The Labute approximate surface area is 182 Å². The van der Waals surface area contributed by atoms with Gasteiger partial charge in [0.15, 0.2) is 0 Å². The molecule has 0 radical (unpaired) electrons. The third-order valence-electron chi connectivity index (χ3n) is 6.22. The maximum absolute atomic E-state index is 10.6. The highest BCUT2D eigenvalue weighted by Gasteiger charge is 2.08. The molecule has 3 heteroatoms. The number of rotatable bonds is 24. The molecule has 0 rings (SSSR count). The third kappa shape index (κ3) is 23.6. The molecule has 0 fully saturated rings. The molecule has 29 heavy (non-hydrogen) atoms. The van der Waals surface area contributed by atoms with Crippen molar-refractivity contribution in [1.29, 1.82) is 0 Å². The second kappa shape index (κ2) is 23.7. The van der Waals surface area contributed by atoms with Crippen molar-refractivity contribution in [2.75, 3.05) is 6.61 Å². The van der Waals surface area contributed by atoms with Gasteiger partial charge in [0, 0.05) is 13.0 Å². The first kappa shape index (κ1) is 28.4. The first-order valence-electron chi connectivity index (χ1n) is 13.0. The SMILES string of the molecule is CCCC(CCCCCCCCCCCCCCCCCO)CCCCC(=O)O. The van der Waals surface area contributed by atoms with E-state index in [1.165, 1.54) is 116 Å². The number of carboxylic acids is 1. The van der Waals surface area contributed by atoms with E-state index < -0.39 is 5.97 Å². The first-order valence-corrected chi connectivity index (χ1v) is 13.0. The van der Waals surface area contributed by atoms with E-state index in [2.05, 4.69) is 6.92 Å². The van der Waals surface area contributed by atoms with Crippen molar-refractivity contribution in [2.24, 2.45) is 5.92 Å². The largest absolute Gasteiger partial charge is 0.481 e. The van der Waals surface area contributed by atoms with Gasteiger partial charge in [0.25, 0.3) is 0 Å². The van der Waals surface area contributed by atoms with Crippen LogP contribution in [0.15, 0.2) is 0 Å². The van der Waals surface area contributed by atoms with Crippen LogP contribution < -0.4 is 0 Å². The summed E-state index contributed by atoms with van der Waals surface area (Å²) >= 11 is 0. The molecule has 0 aromatic carbocycles. The van der Waals surface area contributed by atoms with Gasteiger partial charge in [-0.15, -0.1) is 0 Å². The van der Waals surface area contributed by atoms with Crippen LogP contribution in [0, 0.1) is 5.92 Å². The van der Waals surface area contributed by atoms with Gasteiger partial charge in [-0.2, -0.15) is 0 Å². The third-order valence-corrected chi connectivity index (χ3v) is 6.22. The lowest BCUT2D eigenvalue weighted by Gasteiger charge is -2.15. The highest BCUT2D eigenvalue weighted by molar-refractivity contribution is 5.66. The highest BCUT2D eigenvalue weighted by Crippen LogP contribution is 2.23. The topological polar surface area (TPSA) is 57.5 Å². The molecule has 174 valence electrons. The summed E-state index contributed by atoms with van der Waals surface area (Å²) in [6.07, 6.45) is 27.6. The molecule has 0 aliphatic heterocycles. The number of hydrogen-bond acceptors (Lipinski definition) is 2. The van der Waals surface area contributed by atoms with Crippen LogP contribution in [-0.2, 0) is 4.79 Å². The van der Waals surface area contributed by atoms with E-state index in [1.807, 2.05) is 0 Å². The van der Waals surface area contributed by atoms with Crippen LogP contribution in [0.1, 0.15) is 148 Å². The molecule has 0 heterocycles. The Hall–Kier alpha value is -0.570. The Morgan fingerprint density at radius 3 is 1.34 bits per heavy atom. The molecular formula is C26H52O3. The first-order chi connectivity index (χ1) is 14.2. The monoisotopic (exact) mass is 412 g/mol. The number of carboxylic acid groups (broad SMARTS) is 1. The summed E-state index contributed by atoms with van der Waals surface area (Å²) in [5, 5.41) is 17.5. The van der Waals surface area contributed by atoms with Crippen molar-refractivity contribution >= 4 is 5.97 Å². The minimum Gasteiger partial charge on any atom is -0.481 e. The van der Waals surface area contributed by atoms with Gasteiger partial charge in [0.2, 0.25) is 0 Å². The van der Waals surface area contributed by atoms with E-state index in [0.717, 1.165) is 25.2 Å². The van der Waals surface area contributed by atoms with Crippen LogP contribution in [0.3, 0.4) is 0 Å². The molecule has 1 atom stereocenters. The normalized spacial score (nSPS) is 12.3. The van der Waals surface area contributed by atoms with E-state index >= 15 is 0 Å². The van der Waals surface area contributed by atoms with Crippen molar-refractivity contribution in [3.8, 4) is 0 Å². The van der Waals surface area contributed by atoms with Crippen molar-refractivity contribution in [3.63, 3.8) is 0 Å². The summed E-state index contributed by atoms with van der Waals surface area (Å²) in [5.74, 6) is 0.172. The number of unbranched alkanes of at least 4 members (excludes halogenated alkanes) is 15. The van der Waals surface area contributed by atoms with E-state index in [9.17, 15) is 4.79 Å². The highest BCUT2D eigenvalue weighted by atomic mass is 16.4. The second-order valence-corrected chi connectivity index (χ2v) is 9.11.